The number of aryl methyl sites for hydroxylation is 2. The number of piperidine rings is 3. The van der Waals surface area contributed by atoms with E-state index in [1.54, 1.807) is 4.90 Å². The van der Waals surface area contributed by atoms with Gasteiger partial charge in [-0.3, -0.25) is 24.2 Å². The first-order valence-corrected chi connectivity index (χ1v) is 22.1. The molecule has 0 unspecified atom stereocenters. The molecule has 0 spiro atoms. The average Bonchev–Trinajstić information content (AvgIpc) is 3.42. The Labute approximate surface area is 353 Å². The molecule has 0 aliphatic carbocycles. The topological polar surface area (TPSA) is 156 Å². The van der Waals surface area contributed by atoms with Crippen LogP contribution in [0.15, 0.2) is 36.4 Å². The molecule has 5 amide bonds. The largest absolute Gasteiger partial charge is 0.507 e. The first-order valence-electron chi connectivity index (χ1n) is 22.1. The summed E-state index contributed by atoms with van der Waals surface area (Å²) in [6.45, 7) is 11.4. The number of aromatic hydroxyl groups is 1. The fourth-order valence-corrected chi connectivity index (χ4v) is 9.56. The number of hydrogen-bond acceptors (Lipinski definition) is 10. The van der Waals surface area contributed by atoms with E-state index >= 15 is 0 Å². The lowest BCUT2D eigenvalue weighted by molar-refractivity contribution is -0.145. The van der Waals surface area contributed by atoms with Crippen molar-refractivity contribution >= 4 is 35.6 Å². The molecule has 0 radical (unpaired) electrons. The number of para-hydroxylation sites is 1. The van der Waals surface area contributed by atoms with E-state index in [2.05, 4.69) is 15.1 Å². The zero-order chi connectivity index (χ0) is 42.2. The monoisotopic (exact) mass is 829 g/mol. The lowest BCUT2D eigenvalue weighted by Crippen LogP contribution is -2.55. The lowest BCUT2D eigenvalue weighted by Gasteiger charge is -2.43. The van der Waals surface area contributed by atoms with Crippen molar-refractivity contribution in [3.8, 4) is 5.75 Å². The van der Waals surface area contributed by atoms with Crippen molar-refractivity contribution in [1.82, 2.24) is 29.4 Å². The lowest BCUT2D eigenvalue weighted by atomic mass is 9.98. The van der Waals surface area contributed by atoms with Gasteiger partial charge < -0.3 is 39.5 Å². The van der Waals surface area contributed by atoms with Gasteiger partial charge in [-0.25, -0.2) is 9.59 Å². The number of piperazine rings is 1. The number of phenols is 1. The number of benzene rings is 2. The van der Waals surface area contributed by atoms with Gasteiger partial charge in [0.2, 0.25) is 5.91 Å². The third-order valence-electron chi connectivity index (χ3n) is 13.1. The number of urea groups is 1. The molecule has 4 saturated heterocycles. The summed E-state index contributed by atoms with van der Waals surface area (Å²) in [5, 5.41) is 13.5. The minimum Gasteiger partial charge on any atom is -0.507 e. The first-order chi connectivity index (χ1) is 29.0. The van der Waals surface area contributed by atoms with Gasteiger partial charge in [0.15, 0.2) is 6.10 Å². The van der Waals surface area contributed by atoms with Crippen molar-refractivity contribution in [3.63, 3.8) is 0 Å². The van der Waals surface area contributed by atoms with E-state index in [0.29, 0.717) is 88.7 Å². The molecule has 2 aromatic carbocycles. The average molecular weight is 830 g/mol. The summed E-state index contributed by atoms with van der Waals surface area (Å²) in [5.74, 6) is -0.0387. The van der Waals surface area contributed by atoms with Gasteiger partial charge in [-0.2, -0.15) is 0 Å². The molecule has 0 aromatic heterocycles. The van der Waals surface area contributed by atoms with E-state index in [-0.39, 0.29) is 48.6 Å². The Hall–Kier alpha value is -4.89. The van der Waals surface area contributed by atoms with Crippen LogP contribution in [0.2, 0.25) is 0 Å². The summed E-state index contributed by atoms with van der Waals surface area (Å²) in [7, 11) is 0. The summed E-state index contributed by atoms with van der Waals surface area (Å²) in [4.78, 5) is 77.6. The summed E-state index contributed by atoms with van der Waals surface area (Å²) < 4.78 is 11.6. The van der Waals surface area contributed by atoms with Crippen molar-refractivity contribution in [2.75, 3.05) is 90.5 Å². The Kier molecular flexibility index (Phi) is 14.5. The second-order valence-electron chi connectivity index (χ2n) is 17.2. The molecule has 1 atom stereocenters. The second kappa shape index (κ2) is 20.1. The fraction of sp³-hybridized carbons (Fsp3) is 0.622. The number of esters is 1. The molecule has 15 nitrogen and oxygen atoms in total. The Morgan fingerprint density at radius 3 is 2.22 bits per heavy atom. The van der Waals surface area contributed by atoms with Crippen LogP contribution >= 0.6 is 0 Å². The third-order valence-corrected chi connectivity index (χ3v) is 13.1. The predicted molar refractivity (Wildman–Crippen MR) is 226 cm³/mol. The van der Waals surface area contributed by atoms with Crippen LogP contribution in [0, 0.1) is 13.8 Å². The summed E-state index contributed by atoms with van der Waals surface area (Å²) in [5.41, 5.74) is 4.16. The highest BCUT2D eigenvalue weighted by Gasteiger charge is 2.37. The van der Waals surface area contributed by atoms with E-state index < -0.39 is 12.2 Å². The number of phenolic OH excluding ortho intramolecular Hbond substituents is 1. The summed E-state index contributed by atoms with van der Waals surface area (Å²) in [6, 6.07) is 11.7. The molecule has 5 heterocycles. The molecule has 7 rings (SSSR count). The molecule has 5 aliphatic heterocycles. The standard InChI is InChI=1S/C45H63N7O8/c1-32-28-34(29-33(2)42(32)55)30-39(60-45(58)51-20-14-37(15-21-51)52-22-11-35-8-3-4-9-38(35)46-44(52)57)43(56)50-18-12-36(13-19-50)48-25-23-47(24-26-48)31-41(54)59-27-7-17-49-16-6-5-10-40(49)53/h3-4,8-9,28-29,36-37,39,55H,5-7,10-27,30-31H2,1-2H3,(H,46,57)/t39-/m1/s1. The van der Waals surface area contributed by atoms with Crippen LogP contribution in [0.1, 0.15) is 73.6 Å². The molecule has 0 bridgehead atoms. The van der Waals surface area contributed by atoms with E-state index in [1.807, 2.05) is 64.9 Å². The number of nitrogens with zero attached hydrogens (tertiary/aromatic N) is 6. The van der Waals surface area contributed by atoms with Crippen LogP contribution in [0.4, 0.5) is 15.3 Å². The third kappa shape index (κ3) is 10.9. The molecule has 2 aromatic rings. The number of amides is 5. The molecule has 326 valence electrons. The minimum atomic E-state index is -1.03. The quantitative estimate of drug-likeness (QED) is 0.236. The highest BCUT2D eigenvalue weighted by Crippen LogP contribution is 2.28. The van der Waals surface area contributed by atoms with Crippen LogP contribution in [0.25, 0.3) is 0 Å². The molecule has 15 heteroatoms. The first kappa shape index (κ1) is 43.2. The van der Waals surface area contributed by atoms with Crippen molar-refractivity contribution in [2.24, 2.45) is 0 Å². The molecule has 5 aliphatic rings. The predicted octanol–water partition coefficient (Wildman–Crippen LogP) is 4.17. The Morgan fingerprint density at radius 2 is 1.50 bits per heavy atom. The maximum Gasteiger partial charge on any atom is 0.410 e. The van der Waals surface area contributed by atoms with Gasteiger partial charge in [0.05, 0.1) is 13.2 Å². The number of anilines is 1. The number of fused-ring (bicyclic) bond motifs is 1. The van der Waals surface area contributed by atoms with E-state index in [9.17, 15) is 29.1 Å². The van der Waals surface area contributed by atoms with Gasteiger partial charge in [-0.05, 0) is 93.5 Å². The van der Waals surface area contributed by atoms with Crippen LogP contribution in [0.3, 0.4) is 0 Å². The van der Waals surface area contributed by atoms with Crippen LogP contribution < -0.4 is 5.32 Å². The molecular weight excluding hydrogens is 767 g/mol. The number of likely N-dealkylation sites (tertiary alicyclic amines) is 3. The van der Waals surface area contributed by atoms with Crippen LogP contribution in [-0.4, -0.2) is 168 Å². The van der Waals surface area contributed by atoms with E-state index in [1.165, 1.54) is 0 Å². The summed E-state index contributed by atoms with van der Waals surface area (Å²) >= 11 is 0. The van der Waals surface area contributed by atoms with Gasteiger partial charge >= 0.3 is 18.1 Å². The van der Waals surface area contributed by atoms with Gasteiger partial charge in [0.25, 0.3) is 5.91 Å². The smallest absolute Gasteiger partial charge is 0.410 e. The number of hydrogen-bond donors (Lipinski definition) is 2. The molecule has 4 fully saturated rings. The molecule has 60 heavy (non-hydrogen) atoms. The van der Waals surface area contributed by atoms with Crippen molar-refractivity contribution in [3.05, 3.63) is 58.7 Å². The number of nitrogens with one attached hydrogen (secondary N) is 1. The molecular formula is C45H63N7O8. The van der Waals surface area contributed by atoms with Gasteiger partial charge in [-0.15, -0.1) is 0 Å². The van der Waals surface area contributed by atoms with E-state index in [4.69, 9.17) is 9.47 Å². The minimum absolute atomic E-state index is 0.0107. The summed E-state index contributed by atoms with van der Waals surface area (Å²) in [6.07, 6.45) is 5.49. The Morgan fingerprint density at radius 1 is 0.817 bits per heavy atom. The normalized spacial score (nSPS) is 20.6. The highest BCUT2D eigenvalue weighted by atomic mass is 16.6. The Bertz CT molecular complexity index is 1830. The maximum absolute atomic E-state index is 14.2. The second-order valence-corrected chi connectivity index (χ2v) is 17.2. The van der Waals surface area contributed by atoms with Crippen molar-refractivity contribution in [1.29, 1.82) is 0 Å². The number of carbonyl (C=O) groups is 5. The number of carbonyl (C=O) groups excluding carboxylic acids is 5. The number of ether oxygens (including phenoxy) is 2. The van der Waals surface area contributed by atoms with Crippen molar-refractivity contribution < 1.29 is 38.6 Å². The maximum atomic E-state index is 14.2. The van der Waals surface area contributed by atoms with Crippen LogP contribution in [-0.2, 0) is 36.7 Å². The zero-order valence-corrected chi connectivity index (χ0v) is 35.4. The van der Waals surface area contributed by atoms with Crippen LogP contribution in [0.5, 0.6) is 5.75 Å². The fourth-order valence-electron chi connectivity index (χ4n) is 9.56. The van der Waals surface area contributed by atoms with Crippen molar-refractivity contribution in [2.45, 2.75) is 96.2 Å². The van der Waals surface area contributed by atoms with Gasteiger partial charge in [0, 0.05) is 103 Å². The molecule has 0 saturated carbocycles. The van der Waals surface area contributed by atoms with Gasteiger partial charge in [-0.1, -0.05) is 30.3 Å². The zero-order valence-electron chi connectivity index (χ0n) is 35.4. The number of rotatable bonds is 12. The Balaban J connectivity index is 0.876. The molecule has 2 N–H and O–H groups in total. The van der Waals surface area contributed by atoms with E-state index in [0.717, 1.165) is 81.6 Å². The SMILES string of the molecule is Cc1cc(C[C@@H](OC(=O)N2CCC(N3CCc4ccccc4NC3=O)CC2)C(=O)N2CCC(N3CCN(CC(=O)OCCCN4CCCCC4=O)CC3)CC2)cc(C)c1O. The highest BCUT2D eigenvalue weighted by molar-refractivity contribution is 5.91. The van der Waals surface area contributed by atoms with Gasteiger partial charge in [0.1, 0.15) is 5.75 Å².